The highest BCUT2D eigenvalue weighted by atomic mass is 19.4. The molecule has 1 saturated heterocycles. The average molecular weight is 617 g/mol. The third-order valence-electron chi connectivity index (χ3n) is 7.13. The smallest absolute Gasteiger partial charge is 0.385 e. The lowest BCUT2D eigenvalue weighted by molar-refractivity contribution is -0.141. The Morgan fingerprint density at radius 2 is 1.89 bits per heavy atom. The van der Waals surface area contributed by atoms with Gasteiger partial charge in [-0.3, -0.25) is 9.91 Å². The zero-order chi connectivity index (χ0) is 31.4. The number of amides is 2. The van der Waals surface area contributed by atoms with Gasteiger partial charge in [0.2, 0.25) is 0 Å². The van der Waals surface area contributed by atoms with Gasteiger partial charge in [0.25, 0.3) is 0 Å². The van der Waals surface area contributed by atoms with Gasteiger partial charge >= 0.3 is 18.2 Å². The van der Waals surface area contributed by atoms with Gasteiger partial charge in [0, 0.05) is 43.7 Å². The van der Waals surface area contributed by atoms with Crippen LogP contribution in [0.3, 0.4) is 0 Å². The average Bonchev–Trinajstić information content (AvgIpc) is 3.28. The molecule has 232 valence electrons. The van der Waals surface area contributed by atoms with E-state index >= 15 is 0 Å². The minimum absolute atomic E-state index is 0.282. The predicted octanol–water partition coefficient (Wildman–Crippen LogP) is 3.71. The minimum atomic E-state index is -4.71. The molecule has 0 bridgehead atoms. The molecule has 2 unspecified atom stereocenters. The highest BCUT2D eigenvalue weighted by Crippen LogP contribution is 2.42. The summed E-state index contributed by atoms with van der Waals surface area (Å²) in [6, 6.07) is 6.84. The third-order valence-corrected chi connectivity index (χ3v) is 7.13. The minimum Gasteiger partial charge on any atom is -0.385 e. The van der Waals surface area contributed by atoms with Gasteiger partial charge < -0.3 is 25.9 Å². The van der Waals surface area contributed by atoms with Crippen molar-refractivity contribution in [1.29, 1.82) is 0 Å². The van der Waals surface area contributed by atoms with Gasteiger partial charge in [0.05, 0.1) is 36.4 Å². The van der Waals surface area contributed by atoms with E-state index in [4.69, 9.17) is 15.3 Å². The molecule has 3 aliphatic rings. The molecule has 2 amide bonds. The summed E-state index contributed by atoms with van der Waals surface area (Å²) in [7, 11) is 0. The van der Waals surface area contributed by atoms with E-state index in [0.717, 1.165) is 11.3 Å². The number of hydrazone groups is 1. The summed E-state index contributed by atoms with van der Waals surface area (Å²) in [6.07, 6.45) is -1.90. The number of nitrogens with two attached hydrogens (primary N) is 1. The van der Waals surface area contributed by atoms with Crippen LogP contribution in [0.1, 0.15) is 24.0 Å². The molecule has 0 radical (unpaired) electrons. The zero-order valence-electron chi connectivity index (χ0n) is 23.3. The molecule has 0 aliphatic carbocycles. The van der Waals surface area contributed by atoms with Crippen LogP contribution >= 0.6 is 0 Å². The summed E-state index contributed by atoms with van der Waals surface area (Å²) in [4.78, 5) is 35.2. The fourth-order valence-corrected chi connectivity index (χ4v) is 5.12. The van der Waals surface area contributed by atoms with Crippen molar-refractivity contribution in [1.82, 2.24) is 9.91 Å². The first-order valence-electron chi connectivity index (χ1n) is 13.4. The summed E-state index contributed by atoms with van der Waals surface area (Å²) < 4.78 is 58.7. The number of urea groups is 1. The summed E-state index contributed by atoms with van der Waals surface area (Å²) in [5.41, 5.74) is 7.10. The largest absolute Gasteiger partial charge is 0.416 e. The molecule has 12 nitrogen and oxygen atoms in total. The van der Waals surface area contributed by atoms with Crippen LogP contribution in [0, 0.1) is 5.82 Å². The lowest BCUT2D eigenvalue weighted by Gasteiger charge is -2.32. The summed E-state index contributed by atoms with van der Waals surface area (Å²) in [5.74, 6) is -1.79. The summed E-state index contributed by atoms with van der Waals surface area (Å²) >= 11 is 0. The number of carbonyl (C=O) groups excluding carboxylic acids is 2. The van der Waals surface area contributed by atoms with Gasteiger partial charge in [-0.1, -0.05) is 17.3 Å². The van der Waals surface area contributed by atoms with E-state index < -0.39 is 47.2 Å². The number of ether oxygens (including phenoxy) is 1. The molecule has 3 aliphatic heterocycles. The summed E-state index contributed by atoms with van der Waals surface area (Å²) in [5, 5.41) is 14.7. The number of hydrogen-bond donors (Lipinski definition) is 3. The maximum Gasteiger partial charge on any atom is 0.416 e. The van der Waals surface area contributed by atoms with Crippen LogP contribution in [0.5, 0.6) is 0 Å². The number of oxime groups is 1. The van der Waals surface area contributed by atoms with E-state index in [-0.39, 0.29) is 5.69 Å². The first kappa shape index (κ1) is 30.6. The molecule has 16 heteroatoms. The molecule has 3 heterocycles. The van der Waals surface area contributed by atoms with Gasteiger partial charge in [-0.05, 0) is 35.9 Å². The number of carbonyl (C=O) groups is 2. The van der Waals surface area contributed by atoms with E-state index in [0.29, 0.717) is 62.5 Å². The van der Waals surface area contributed by atoms with Crippen molar-refractivity contribution >= 4 is 41.8 Å². The lowest BCUT2D eigenvalue weighted by atomic mass is 9.86. The summed E-state index contributed by atoms with van der Waals surface area (Å²) in [6.45, 7) is 4.25. The number of rotatable bonds is 7. The van der Waals surface area contributed by atoms with Crippen LogP contribution < -0.4 is 16.4 Å². The fourth-order valence-electron chi connectivity index (χ4n) is 5.12. The van der Waals surface area contributed by atoms with Crippen molar-refractivity contribution in [2.75, 3.05) is 43.5 Å². The molecule has 0 saturated carbocycles. The molecule has 1 fully saturated rings. The van der Waals surface area contributed by atoms with E-state index in [1.807, 2.05) is 0 Å². The van der Waals surface area contributed by atoms with E-state index in [1.54, 1.807) is 29.3 Å². The van der Waals surface area contributed by atoms with Crippen LogP contribution in [0.4, 0.5) is 33.7 Å². The Morgan fingerprint density at radius 1 is 1.16 bits per heavy atom. The van der Waals surface area contributed by atoms with Gasteiger partial charge in [0.1, 0.15) is 24.0 Å². The molecular formula is C28H28F4N8O4. The Morgan fingerprint density at radius 3 is 2.57 bits per heavy atom. The van der Waals surface area contributed by atoms with Crippen LogP contribution in [0.25, 0.3) is 0 Å². The maximum absolute atomic E-state index is 14.1. The zero-order valence-corrected chi connectivity index (χ0v) is 23.3. The van der Waals surface area contributed by atoms with Crippen molar-refractivity contribution < 1.29 is 36.7 Å². The Labute approximate surface area is 248 Å². The molecule has 2 aromatic rings. The second-order valence-corrected chi connectivity index (χ2v) is 10.1. The first-order chi connectivity index (χ1) is 21.0. The van der Waals surface area contributed by atoms with Crippen molar-refractivity contribution in [3.63, 3.8) is 0 Å². The molecule has 2 atom stereocenters. The number of morpholine rings is 1. The van der Waals surface area contributed by atoms with Gasteiger partial charge in [-0.25, -0.2) is 19.0 Å². The lowest BCUT2D eigenvalue weighted by Crippen LogP contribution is -2.45. The Bertz CT molecular complexity index is 1540. The van der Waals surface area contributed by atoms with E-state index in [2.05, 4.69) is 30.8 Å². The normalized spacial score (nSPS) is 20.5. The van der Waals surface area contributed by atoms with Crippen molar-refractivity contribution in [2.24, 2.45) is 21.0 Å². The number of amidine groups is 1. The number of nitrogens with one attached hydrogen (secondary N) is 2. The van der Waals surface area contributed by atoms with Gasteiger partial charge in [-0.15, -0.1) is 0 Å². The van der Waals surface area contributed by atoms with Crippen molar-refractivity contribution in [3.8, 4) is 0 Å². The van der Waals surface area contributed by atoms with Crippen LogP contribution in [-0.4, -0.2) is 79.2 Å². The Balaban J connectivity index is 1.40. The number of aliphatic imine (C=N–C) groups is 1. The number of halogens is 4. The third kappa shape index (κ3) is 6.86. The molecule has 5 rings (SSSR count). The van der Waals surface area contributed by atoms with Gasteiger partial charge in [0.15, 0.2) is 0 Å². The molecule has 44 heavy (non-hydrogen) atoms. The number of anilines is 2. The number of alkyl halides is 3. The van der Waals surface area contributed by atoms with Crippen LogP contribution in [0.2, 0.25) is 0 Å². The molecule has 0 aromatic heterocycles. The molecular weight excluding hydrogens is 588 g/mol. The number of fused-ring (bicyclic) bond motifs is 1. The van der Waals surface area contributed by atoms with E-state index in [1.165, 1.54) is 19.5 Å². The van der Waals surface area contributed by atoms with Crippen LogP contribution in [0.15, 0.2) is 69.0 Å². The molecule has 4 N–H and O–H groups in total. The predicted molar refractivity (Wildman–Crippen MR) is 154 cm³/mol. The highest BCUT2D eigenvalue weighted by molar-refractivity contribution is 6.00. The monoisotopic (exact) mass is 616 g/mol. The van der Waals surface area contributed by atoms with Gasteiger partial charge in [-0.2, -0.15) is 18.3 Å². The maximum atomic E-state index is 14.1. The van der Waals surface area contributed by atoms with Crippen LogP contribution in [-0.2, 0) is 20.5 Å². The second kappa shape index (κ2) is 12.8. The quantitative estimate of drug-likeness (QED) is 0.186. The first-order valence-corrected chi connectivity index (χ1v) is 13.4. The van der Waals surface area contributed by atoms with Crippen molar-refractivity contribution in [2.45, 2.75) is 25.1 Å². The number of nitrogens with zero attached hydrogens (tertiary/aromatic N) is 5. The standard InChI is InChI=1S/C28H28F4N8O4/c1-16(41)44-36-13-20-23(14-39-8-10-43-11-9-39)40-25(26(33)34-15-35-40)24(20)17-2-5-19(6-3-17)37-27(42)38-22-12-18(28(30,31)32)4-7-21(22)29/h2-7,12-13,15,24-25H,8-11,14H2,1H3,(H2,33,34,35)(H2,37,38,42)/b36-13+. The molecule has 2 aromatic carbocycles. The van der Waals surface area contributed by atoms with E-state index in [9.17, 15) is 27.2 Å². The van der Waals surface area contributed by atoms with Crippen molar-refractivity contribution in [3.05, 3.63) is 70.7 Å². The highest BCUT2D eigenvalue weighted by Gasteiger charge is 2.45. The molecule has 0 spiro atoms. The number of benzene rings is 2. The SMILES string of the molecule is CC(=O)O/N=C/C1=C(CN2CCOCC2)N2N=CN=C(N)C2C1c1ccc(NC(=O)Nc2cc(C(F)(F)F)ccc2F)cc1. The number of hydrogen-bond acceptors (Lipinski definition) is 10. The second-order valence-electron chi connectivity index (χ2n) is 10.1. The topological polar surface area (TPSA) is 146 Å². The fraction of sp³-hybridized carbons (Fsp3) is 0.321. The Kier molecular flexibility index (Phi) is 8.91. The Hall–Kier alpha value is -4.83.